The Morgan fingerprint density at radius 1 is 0.955 bits per heavy atom. The van der Waals surface area contributed by atoms with E-state index >= 15 is 0 Å². The highest BCUT2D eigenvalue weighted by Gasteiger charge is 2.07. The first kappa shape index (κ1) is 13.7. The van der Waals surface area contributed by atoms with E-state index in [1.807, 2.05) is 54.6 Å². The van der Waals surface area contributed by atoms with Gasteiger partial charge in [0.15, 0.2) is 5.84 Å². The molecule has 0 fully saturated rings. The standard InChI is InChI=1S/C15H14N6O/c16-14-10-15(19-18-14)20-21-17-11-6-8-13(9-7-11)22-12-4-2-1-3-5-12/h1-9H,10H2,(H2,16,18)(H,17,19,20). The van der Waals surface area contributed by atoms with Crippen LogP contribution in [0, 0.1) is 0 Å². The number of ether oxygens (including phenoxy) is 1. The third kappa shape index (κ3) is 3.66. The molecule has 0 aromatic heterocycles. The largest absolute Gasteiger partial charge is 0.457 e. The number of nitrogens with one attached hydrogen (secondary N) is 1. The highest BCUT2D eigenvalue weighted by Crippen LogP contribution is 2.22. The van der Waals surface area contributed by atoms with Crippen molar-refractivity contribution in [3.63, 3.8) is 0 Å². The number of benzene rings is 2. The zero-order valence-corrected chi connectivity index (χ0v) is 11.7. The van der Waals surface area contributed by atoms with Crippen molar-refractivity contribution in [2.24, 2.45) is 26.3 Å². The molecule has 1 heterocycles. The average molecular weight is 294 g/mol. The van der Waals surface area contributed by atoms with E-state index in [2.05, 4.69) is 26.0 Å². The molecule has 2 aromatic rings. The third-order valence-electron chi connectivity index (χ3n) is 2.81. The van der Waals surface area contributed by atoms with Crippen molar-refractivity contribution >= 4 is 17.4 Å². The summed E-state index contributed by atoms with van der Waals surface area (Å²) < 4.78 is 5.70. The van der Waals surface area contributed by atoms with Gasteiger partial charge in [-0.2, -0.15) is 0 Å². The summed E-state index contributed by atoms with van der Waals surface area (Å²) in [5, 5.41) is 15.2. The Hall–Kier alpha value is -3.22. The summed E-state index contributed by atoms with van der Waals surface area (Å²) in [5.74, 6) is 2.46. The van der Waals surface area contributed by atoms with Crippen molar-refractivity contribution in [3.8, 4) is 11.5 Å². The molecule has 3 rings (SSSR count). The van der Waals surface area contributed by atoms with Crippen LogP contribution in [0.5, 0.6) is 11.5 Å². The first-order valence-corrected chi connectivity index (χ1v) is 6.68. The number of hydrogen-bond donors (Lipinski definition) is 2. The van der Waals surface area contributed by atoms with Crippen LogP contribution < -0.4 is 15.9 Å². The highest BCUT2D eigenvalue weighted by molar-refractivity contribution is 6.04. The summed E-state index contributed by atoms with van der Waals surface area (Å²) in [6.45, 7) is 0. The summed E-state index contributed by atoms with van der Waals surface area (Å²) >= 11 is 0. The van der Waals surface area contributed by atoms with Crippen LogP contribution >= 0.6 is 0 Å². The van der Waals surface area contributed by atoms with Crippen LogP contribution in [0.4, 0.5) is 5.69 Å². The normalized spacial score (nSPS) is 13.8. The Labute approximate surface area is 127 Å². The molecule has 0 saturated heterocycles. The zero-order valence-electron chi connectivity index (χ0n) is 11.7. The molecule has 0 unspecified atom stereocenters. The van der Waals surface area contributed by atoms with Crippen molar-refractivity contribution in [3.05, 3.63) is 54.6 Å². The van der Waals surface area contributed by atoms with E-state index in [0.29, 0.717) is 18.1 Å². The smallest absolute Gasteiger partial charge is 0.182 e. The molecule has 0 aliphatic carbocycles. The maximum atomic E-state index is 5.70. The van der Waals surface area contributed by atoms with Gasteiger partial charge in [0, 0.05) is 0 Å². The molecule has 2 aromatic carbocycles. The maximum Gasteiger partial charge on any atom is 0.182 e. The molecule has 0 saturated carbocycles. The molecule has 0 spiro atoms. The van der Waals surface area contributed by atoms with Crippen molar-refractivity contribution in [2.75, 3.05) is 5.43 Å². The quantitative estimate of drug-likeness (QED) is 0.668. The number of anilines is 1. The van der Waals surface area contributed by atoms with Gasteiger partial charge in [0.05, 0.1) is 12.1 Å². The molecule has 0 radical (unpaired) electrons. The molecule has 3 N–H and O–H groups in total. The first-order valence-electron chi connectivity index (χ1n) is 6.68. The van der Waals surface area contributed by atoms with Gasteiger partial charge in [-0.25, -0.2) is 0 Å². The second-order valence-corrected chi connectivity index (χ2v) is 4.54. The van der Waals surface area contributed by atoms with Crippen LogP contribution in [-0.2, 0) is 0 Å². The van der Waals surface area contributed by atoms with Crippen LogP contribution in [0.2, 0.25) is 0 Å². The third-order valence-corrected chi connectivity index (χ3v) is 2.81. The molecule has 1 aliphatic rings. The first-order chi connectivity index (χ1) is 10.8. The predicted molar refractivity (Wildman–Crippen MR) is 85.1 cm³/mol. The second kappa shape index (κ2) is 6.49. The topological polar surface area (TPSA) is 96.7 Å². The number of nitrogens with two attached hydrogens (primary N) is 1. The lowest BCUT2D eigenvalue weighted by Crippen LogP contribution is -2.10. The number of hydrogen-bond acceptors (Lipinski definition) is 6. The zero-order chi connectivity index (χ0) is 15.2. The lowest BCUT2D eigenvalue weighted by Gasteiger charge is -2.06. The van der Waals surface area contributed by atoms with E-state index in [0.717, 1.165) is 17.2 Å². The molecule has 7 heteroatoms. The van der Waals surface area contributed by atoms with Gasteiger partial charge in [-0.15, -0.1) is 15.3 Å². The Morgan fingerprint density at radius 2 is 1.68 bits per heavy atom. The molecular weight excluding hydrogens is 280 g/mol. The van der Waals surface area contributed by atoms with Gasteiger partial charge in [0.2, 0.25) is 0 Å². The van der Waals surface area contributed by atoms with Gasteiger partial charge in [0.25, 0.3) is 0 Å². The number of nitrogens with zero attached hydrogens (tertiary/aromatic N) is 4. The molecule has 0 bridgehead atoms. The molecule has 110 valence electrons. The van der Waals surface area contributed by atoms with Gasteiger partial charge in [-0.1, -0.05) is 23.4 Å². The Balaban J connectivity index is 1.54. The molecule has 7 nitrogen and oxygen atoms in total. The van der Waals surface area contributed by atoms with Crippen LogP contribution in [0.25, 0.3) is 0 Å². The monoisotopic (exact) mass is 294 g/mol. The fourth-order valence-electron chi connectivity index (χ4n) is 1.77. The molecular formula is C15H14N6O. The van der Waals surface area contributed by atoms with Gasteiger partial charge < -0.3 is 10.5 Å². The van der Waals surface area contributed by atoms with E-state index in [1.165, 1.54) is 0 Å². The molecule has 0 amide bonds. The van der Waals surface area contributed by atoms with Gasteiger partial charge in [0.1, 0.15) is 17.3 Å². The summed E-state index contributed by atoms with van der Waals surface area (Å²) in [6, 6.07) is 17.0. The summed E-state index contributed by atoms with van der Waals surface area (Å²) in [6.07, 6.45) is 0.426. The van der Waals surface area contributed by atoms with Crippen LogP contribution in [0.15, 0.2) is 75.1 Å². The lowest BCUT2D eigenvalue weighted by molar-refractivity contribution is 0.483. The van der Waals surface area contributed by atoms with Crippen molar-refractivity contribution in [1.82, 2.24) is 0 Å². The minimum atomic E-state index is 0.426. The minimum Gasteiger partial charge on any atom is -0.457 e. The SMILES string of the molecule is NC1=NN=C(N=NNc2ccc(Oc3ccccc3)cc2)C1. The number of para-hydroxylation sites is 1. The van der Waals surface area contributed by atoms with E-state index in [-0.39, 0.29) is 0 Å². The summed E-state index contributed by atoms with van der Waals surface area (Å²) in [7, 11) is 0. The Kier molecular flexibility index (Phi) is 4.05. The maximum absolute atomic E-state index is 5.70. The van der Waals surface area contributed by atoms with E-state index in [9.17, 15) is 0 Å². The summed E-state index contributed by atoms with van der Waals surface area (Å²) in [5.41, 5.74) is 9.08. The van der Waals surface area contributed by atoms with Crippen LogP contribution in [-0.4, -0.2) is 11.7 Å². The van der Waals surface area contributed by atoms with Gasteiger partial charge in [-0.05, 0) is 36.4 Å². The fourth-order valence-corrected chi connectivity index (χ4v) is 1.77. The predicted octanol–water partition coefficient (Wildman–Crippen LogP) is 3.33. The van der Waals surface area contributed by atoms with Crippen LogP contribution in [0.1, 0.15) is 6.42 Å². The summed E-state index contributed by atoms with van der Waals surface area (Å²) in [4.78, 5) is 0. The lowest BCUT2D eigenvalue weighted by atomic mass is 10.3. The second-order valence-electron chi connectivity index (χ2n) is 4.54. The Morgan fingerprint density at radius 3 is 2.36 bits per heavy atom. The fraction of sp³-hybridized carbons (Fsp3) is 0.0667. The number of amidine groups is 2. The van der Waals surface area contributed by atoms with Crippen molar-refractivity contribution < 1.29 is 4.74 Å². The van der Waals surface area contributed by atoms with Crippen LogP contribution in [0.3, 0.4) is 0 Å². The van der Waals surface area contributed by atoms with E-state index in [4.69, 9.17) is 10.5 Å². The number of rotatable bonds is 4. The van der Waals surface area contributed by atoms with Gasteiger partial charge >= 0.3 is 0 Å². The highest BCUT2D eigenvalue weighted by atomic mass is 16.5. The minimum absolute atomic E-state index is 0.426. The van der Waals surface area contributed by atoms with E-state index in [1.54, 1.807) is 0 Å². The molecule has 0 atom stereocenters. The molecule has 22 heavy (non-hydrogen) atoms. The average Bonchev–Trinajstić information content (AvgIpc) is 2.96. The van der Waals surface area contributed by atoms with Crippen molar-refractivity contribution in [1.29, 1.82) is 0 Å². The molecule has 1 aliphatic heterocycles. The Bertz CT molecular complexity index is 721. The van der Waals surface area contributed by atoms with Crippen molar-refractivity contribution in [2.45, 2.75) is 6.42 Å². The van der Waals surface area contributed by atoms with Gasteiger partial charge in [-0.3, -0.25) is 5.43 Å². The van der Waals surface area contributed by atoms with E-state index < -0.39 is 0 Å².